The first-order chi connectivity index (χ1) is 19.1. The minimum absolute atomic E-state index is 0.439. The van der Waals surface area contributed by atoms with Gasteiger partial charge in [-0.15, -0.1) is 39.9 Å². The van der Waals surface area contributed by atoms with E-state index in [1.54, 1.807) is 22.7 Å². The minimum Gasteiger partial charge on any atom is -0.381 e. The van der Waals surface area contributed by atoms with Crippen LogP contribution in [0.25, 0.3) is 0 Å². The van der Waals surface area contributed by atoms with E-state index >= 15 is 0 Å². The third-order valence-electron chi connectivity index (χ3n) is 7.25. The number of hydrogen-bond donors (Lipinski definition) is 0. The molecule has 0 spiro atoms. The van der Waals surface area contributed by atoms with E-state index in [0.29, 0.717) is 12.0 Å². The fourth-order valence-electron chi connectivity index (χ4n) is 5.25. The average molecular weight is 573 g/mol. The molecule has 0 bridgehead atoms. The second-order valence-corrected chi connectivity index (χ2v) is 13.5. The zero-order chi connectivity index (χ0) is 27.6. The van der Waals surface area contributed by atoms with Crippen molar-refractivity contribution in [3.63, 3.8) is 0 Å². The molecule has 0 N–H and O–H groups in total. The van der Waals surface area contributed by atoms with Gasteiger partial charge in [-0.25, -0.2) is 0 Å². The maximum atomic E-state index is 5.60. The Morgan fingerprint density at radius 2 is 1.15 bits per heavy atom. The van der Waals surface area contributed by atoms with Crippen LogP contribution in [0.5, 0.6) is 0 Å². The lowest BCUT2D eigenvalue weighted by molar-refractivity contribution is 0.0661. The predicted octanol–water partition coefficient (Wildman–Crippen LogP) is 9.57. The molecule has 1 saturated carbocycles. The van der Waals surface area contributed by atoms with Gasteiger partial charge in [0.2, 0.25) is 0 Å². The molecule has 3 aromatic heterocycles. The minimum atomic E-state index is 0.439. The zero-order valence-corrected chi connectivity index (χ0v) is 26.5. The van der Waals surface area contributed by atoms with E-state index in [0.717, 1.165) is 53.2 Å². The molecule has 0 saturated heterocycles. The largest absolute Gasteiger partial charge is 0.381 e. The molecule has 0 unspecified atom stereocenters. The Labute approximate surface area is 248 Å². The molecule has 0 radical (unpaired) electrons. The smallest absolute Gasteiger partial charge is 0.0817 e. The molecule has 0 aromatic carbocycles. The van der Waals surface area contributed by atoms with Crippen molar-refractivity contribution in [1.82, 2.24) is 0 Å². The highest BCUT2D eigenvalue weighted by Gasteiger charge is 2.24. The Hall–Kier alpha value is -2.26. The molecular formula is C35H40OS3. The van der Waals surface area contributed by atoms with Gasteiger partial charge in [0.25, 0.3) is 0 Å². The summed E-state index contributed by atoms with van der Waals surface area (Å²) in [6.45, 7) is 8.61. The number of hydrogen-bond acceptors (Lipinski definition) is 4. The Bertz CT molecular complexity index is 1420. The summed E-state index contributed by atoms with van der Waals surface area (Å²) in [6.07, 6.45) is 11.8. The van der Waals surface area contributed by atoms with Crippen LogP contribution in [-0.4, -0.2) is 13.2 Å². The summed E-state index contributed by atoms with van der Waals surface area (Å²) in [5.74, 6) is 21.1. The lowest BCUT2D eigenvalue weighted by atomic mass is 9.86. The van der Waals surface area contributed by atoms with Gasteiger partial charge in [0.05, 0.1) is 30.5 Å². The highest BCUT2D eigenvalue weighted by atomic mass is 32.1. The van der Waals surface area contributed by atoms with Gasteiger partial charge in [0, 0.05) is 12.0 Å². The molecule has 4 rings (SSSR count). The summed E-state index contributed by atoms with van der Waals surface area (Å²) in [4.78, 5) is 7.33. The predicted molar refractivity (Wildman–Crippen MR) is 171 cm³/mol. The molecule has 4 heteroatoms. The van der Waals surface area contributed by atoms with E-state index in [2.05, 4.69) is 74.5 Å². The second-order valence-electron chi connectivity index (χ2n) is 10.3. The first-order valence-electron chi connectivity index (χ1n) is 14.5. The molecule has 0 amide bonds. The van der Waals surface area contributed by atoms with Crippen LogP contribution in [0.4, 0.5) is 0 Å². The SMILES string of the molecule is CC#Cc1sc(C#Cc2sc(C#Cc3sc(C4CCC(OC)CC4)cc3CCC)cc2CCC)cc1CCC. The first kappa shape index (κ1) is 29.7. The van der Waals surface area contributed by atoms with Crippen LogP contribution in [0.1, 0.15) is 125 Å². The summed E-state index contributed by atoms with van der Waals surface area (Å²) >= 11 is 5.40. The van der Waals surface area contributed by atoms with E-state index in [1.165, 1.54) is 57.0 Å². The number of thiophene rings is 3. The van der Waals surface area contributed by atoms with Crippen molar-refractivity contribution < 1.29 is 4.74 Å². The van der Waals surface area contributed by atoms with Gasteiger partial charge >= 0.3 is 0 Å². The highest BCUT2D eigenvalue weighted by Crippen LogP contribution is 2.39. The van der Waals surface area contributed by atoms with Crippen molar-refractivity contribution in [2.75, 3.05) is 7.11 Å². The van der Waals surface area contributed by atoms with Gasteiger partial charge in [0.1, 0.15) is 0 Å². The van der Waals surface area contributed by atoms with Crippen LogP contribution in [0.3, 0.4) is 0 Å². The van der Waals surface area contributed by atoms with Crippen molar-refractivity contribution in [2.24, 2.45) is 0 Å². The average Bonchev–Trinajstić information content (AvgIpc) is 3.64. The van der Waals surface area contributed by atoms with Gasteiger partial charge in [-0.3, -0.25) is 0 Å². The quantitative estimate of drug-likeness (QED) is 0.244. The van der Waals surface area contributed by atoms with E-state index in [4.69, 9.17) is 4.74 Å². The lowest BCUT2D eigenvalue weighted by Gasteiger charge is -2.26. The Morgan fingerprint density at radius 1 is 0.667 bits per heavy atom. The van der Waals surface area contributed by atoms with Gasteiger partial charge in [-0.05, 0) is 116 Å². The molecule has 1 aliphatic rings. The van der Waals surface area contributed by atoms with Crippen molar-refractivity contribution in [3.8, 4) is 35.5 Å². The number of aryl methyl sites for hydroxylation is 3. The molecule has 1 nitrogen and oxygen atoms in total. The van der Waals surface area contributed by atoms with E-state index < -0.39 is 0 Å². The maximum absolute atomic E-state index is 5.60. The van der Waals surface area contributed by atoms with Crippen molar-refractivity contribution in [1.29, 1.82) is 0 Å². The van der Waals surface area contributed by atoms with E-state index in [-0.39, 0.29) is 0 Å². The standard InChI is InChI=1S/C35H40OS3/c1-6-10-26-22-30(37-32(26)13-9-4)18-20-33-27(11-7-2)23-31(38-33)19-21-34-28(12-8-3)24-35(39-34)25-14-16-29(36-5)17-15-25/h22-25,29H,6-8,10-12,14-17H2,1-5H3. The molecule has 0 aliphatic heterocycles. The van der Waals surface area contributed by atoms with Gasteiger partial charge < -0.3 is 4.74 Å². The fraction of sp³-hybridized carbons (Fsp3) is 0.486. The summed E-state index contributed by atoms with van der Waals surface area (Å²) in [5, 5.41) is 0. The first-order valence-corrected chi connectivity index (χ1v) is 16.9. The summed E-state index contributed by atoms with van der Waals surface area (Å²) in [5.41, 5.74) is 4.09. The van der Waals surface area contributed by atoms with Gasteiger partial charge in [0.15, 0.2) is 0 Å². The summed E-state index contributed by atoms with van der Waals surface area (Å²) in [6, 6.07) is 6.96. The molecule has 204 valence electrons. The molecule has 1 aliphatic carbocycles. The number of ether oxygens (including phenoxy) is 1. The van der Waals surface area contributed by atoms with Gasteiger partial charge in [-0.2, -0.15) is 0 Å². The van der Waals surface area contributed by atoms with Crippen molar-refractivity contribution >= 4 is 34.0 Å². The maximum Gasteiger partial charge on any atom is 0.0817 e. The monoisotopic (exact) mass is 572 g/mol. The molecule has 39 heavy (non-hydrogen) atoms. The van der Waals surface area contributed by atoms with Crippen LogP contribution in [-0.2, 0) is 24.0 Å². The summed E-state index contributed by atoms with van der Waals surface area (Å²) in [7, 11) is 1.85. The molecule has 1 fully saturated rings. The van der Waals surface area contributed by atoms with Crippen LogP contribution in [0.15, 0.2) is 18.2 Å². The molecule has 0 atom stereocenters. The van der Waals surface area contributed by atoms with Gasteiger partial charge in [-0.1, -0.05) is 46.0 Å². The lowest BCUT2D eigenvalue weighted by Crippen LogP contribution is -2.18. The third-order valence-corrected chi connectivity index (χ3v) is 10.5. The van der Waals surface area contributed by atoms with Crippen LogP contribution in [0, 0.1) is 35.5 Å². The van der Waals surface area contributed by atoms with Crippen LogP contribution >= 0.6 is 34.0 Å². The Morgan fingerprint density at radius 3 is 1.64 bits per heavy atom. The normalized spacial score (nSPS) is 16.5. The molecular weight excluding hydrogens is 533 g/mol. The fourth-order valence-corrected chi connectivity index (χ4v) is 8.37. The number of methoxy groups -OCH3 is 1. The van der Waals surface area contributed by atoms with E-state index in [9.17, 15) is 0 Å². The third kappa shape index (κ3) is 7.91. The Balaban J connectivity index is 1.58. The number of rotatable bonds is 8. The van der Waals surface area contributed by atoms with Crippen molar-refractivity contribution in [2.45, 2.75) is 104 Å². The summed E-state index contributed by atoms with van der Waals surface area (Å²) < 4.78 is 5.60. The molecule has 3 aromatic rings. The zero-order valence-electron chi connectivity index (χ0n) is 24.1. The van der Waals surface area contributed by atoms with Crippen LogP contribution in [0.2, 0.25) is 0 Å². The Kier molecular flexibility index (Phi) is 11.4. The second kappa shape index (κ2) is 14.9. The van der Waals surface area contributed by atoms with E-state index in [1.807, 2.05) is 25.4 Å². The highest BCUT2D eigenvalue weighted by molar-refractivity contribution is 7.14. The molecule has 3 heterocycles. The van der Waals surface area contributed by atoms with Crippen molar-refractivity contribution in [3.05, 3.63) is 64.2 Å². The topological polar surface area (TPSA) is 9.23 Å². The van der Waals surface area contributed by atoms with Crippen LogP contribution < -0.4 is 0 Å².